The maximum absolute atomic E-state index is 10.9. The average molecular weight is 294 g/mol. The minimum absolute atomic E-state index is 0.122. The molecule has 8 nitrogen and oxygen atoms in total. The highest BCUT2D eigenvalue weighted by molar-refractivity contribution is 5.71. The van der Waals surface area contributed by atoms with Gasteiger partial charge in [0.05, 0.1) is 4.92 Å². The van der Waals surface area contributed by atoms with Crippen LogP contribution in [0.1, 0.15) is 6.92 Å². The molecule has 0 bridgehead atoms. The Labute approximate surface area is 122 Å². The molecule has 0 aliphatic carbocycles. The number of benzene rings is 1. The first kappa shape index (κ1) is 15.0. The first-order chi connectivity index (χ1) is 10.0. The average Bonchev–Trinajstić information content (AvgIpc) is 2.46. The number of nitrogens with zero attached hydrogens (tertiary/aromatic N) is 3. The highest BCUT2D eigenvalue weighted by Gasteiger charge is 2.21. The van der Waals surface area contributed by atoms with Crippen LogP contribution in [0, 0.1) is 10.1 Å². The van der Waals surface area contributed by atoms with Gasteiger partial charge in [-0.3, -0.25) is 10.1 Å². The molecule has 2 rings (SSSR count). The van der Waals surface area contributed by atoms with Gasteiger partial charge in [0.2, 0.25) is 5.75 Å². The molecule has 1 fully saturated rings. The predicted octanol–water partition coefficient (Wildman–Crippen LogP) is 1.19. The van der Waals surface area contributed by atoms with Crippen LogP contribution in [0.4, 0.5) is 16.2 Å². The molecule has 0 saturated carbocycles. The fraction of sp³-hybridized carbons (Fsp3) is 0.462. The van der Waals surface area contributed by atoms with Gasteiger partial charge in [0.15, 0.2) is 0 Å². The molecule has 114 valence electrons. The molecule has 0 unspecified atom stereocenters. The zero-order chi connectivity index (χ0) is 15.4. The molecule has 1 aromatic rings. The number of hydrogen-bond donors (Lipinski definition) is 1. The van der Waals surface area contributed by atoms with Gasteiger partial charge in [0.1, 0.15) is 0 Å². The number of ether oxygens (including phenoxy) is 1. The number of likely N-dealkylation sites (N-methyl/N-ethyl adjacent to an activating group) is 1. The molecule has 1 amide bonds. The second kappa shape index (κ2) is 6.40. The summed E-state index contributed by atoms with van der Waals surface area (Å²) in [5.41, 5.74) is 5.47. The van der Waals surface area contributed by atoms with Gasteiger partial charge in [-0.25, -0.2) is 4.79 Å². The normalized spacial score (nSPS) is 15.8. The van der Waals surface area contributed by atoms with Crippen molar-refractivity contribution in [3.8, 4) is 5.75 Å². The molecule has 0 spiro atoms. The van der Waals surface area contributed by atoms with Crippen LogP contribution >= 0.6 is 0 Å². The number of carbonyl (C=O) groups is 1. The summed E-state index contributed by atoms with van der Waals surface area (Å²) in [5, 5.41) is 10.9. The van der Waals surface area contributed by atoms with E-state index < -0.39 is 11.0 Å². The van der Waals surface area contributed by atoms with Crippen LogP contribution in [0.25, 0.3) is 0 Å². The zero-order valence-corrected chi connectivity index (χ0v) is 11.8. The standard InChI is InChI=1S/C13H18N4O4/c1-2-15-5-7-16(8-6-15)10-3-4-11(17(19)20)12(9-10)21-13(14)18/h3-4,9H,2,5-8H2,1H3,(H2,14,18). The van der Waals surface area contributed by atoms with E-state index >= 15 is 0 Å². The van der Waals surface area contributed by atoms with Gasteiger partial charge in [-0.1, -0.05) is 6.92 Å². The predicted molar refractivity (Wildman–Crippen MR) is 77.6 cm³/mol. The van der Waals surface area contributed by atoms with E-state index in [-0.39, 0.29) is 11.4 Å². The molecule has 21 heavy (non-hydrogen) atoms. The smallest absolute Gasteiger partial charge is 0.403 e. The monoisotopic (exact) mass is 294 g/mol. The Morgan fingerprint density at radius 3 is 2.57 bits per heavy atom. The van der Waals surface area contributed by atoms with E-state index in [2.05, 4.69) is 16.7 Å². The van der Waals surface area contributed by atoms with Crippen LogP contribution in [0.5, 0.6) is 5.75 Å². The second-order valence-electron chi connectivity index (χ2n) is 4.75. The van der Waals surface area contributed by atoms with Crippen molar-refractivity contribution in [3.63, 3.8) is 0 Å². The lowest BCUT2D eigenvalue weighted by Gasteiger charge is -2.35. The number of rotatable bonds is 4. The van der Waals surface area contributed by atoms with Crippen LogP contribution in [0.2, 0.25) is 0 Å². The quantitative estimate of drug-likeness (QED) is 0.661. The summed E-state index contributed by atoms with van der Waals surface area (Å²) >= 11 is 0. The lowest BCUT2D eigenvalue weighted by atomic mass is 10.2. The van der Waals surface area contributed by atoms with E-state index in [1.165, 1.54) is 12.1 Å². The van der Waals surface area contributed by atoms with Gasteiger partial charge in [-0.05, 0) is 12.6 Å². The Kier molecular flexibility index (Phi) is 4.59. The molecule has 1 saturated heterocycles. The Bertz CT molecular complexity index is 541. The van der Waals surface area contributed by atoms with E-state index in [9.17, 15) is 14.9 Å². The van der Waals surface area contributed by atoms with Crippen LogP contribution in [0.15, 0.2) is 18.2 Å². The molecule has 0 aromatic heterocycles. The van der Waals surface area contributed by atoms with E-state index in [0.29, 0.717) is 0 Å². The van der Waals surface area contributed by atoms with E-state index in [1.54, 1.807) is 6.07 Å². The molecule has 1 aliphatic rings. The maximum Gasteiger partial charge on any atom is 0.410 e. The Morgan fingerprint density at radius 1 is 1.38 bits per heavy atom. The minimum atomic E-state index is -1.06. The third-order valence-electron chi connectivity index (χ3n) is 3.54. The van der Waals surface area contributed by atoms with E-state index in [1.807, 2.05) is 0 Å². The van der Waals surface area contributed by atoms with Gasteiger partial charge in [-0.15, -0.1) is 0 Å². The second-order valence-corrected chi connectivity index (χ2v) is 4.75. The van der Waals surface area contributed by atoms with Crippen molar-refractivity contribution in [3.05, 3.63) is 28.3 Å². The molecule has 2 N–H and O–H groups in total. The van der Waals surface area contributed by atoms with Crippen LogP contribution in [-0.2, 0) is 0 Å². The number of nitrogens with two attached hydrogens (primary N) is 1. The van der Waals surface area contributed by atoms with Gasteiger partial charge in [-0.2, -0.15) is 0 Å². The maximum atomic E-state index is 10.9. The number of carbonyl (C=O) groups excluding carboxylic acids is 1. The Balaban J connectivity index is 2.21. The van der Waals surface area contributed by atoms with Crippen molar-refractivity contribution in [2.45, 2.75) is 6.92 Å². The Morgan fingerprint density at radius 2 is 2.05 bits per heavy atom. The molecule has 1 heterocycles. The number of primary amides is 1. The first-order valence-electron chi connectivity index (χ1n) is 6.74. The molecular weight excluding hydrogens is 276 g/mol. The minimum Gasteiger partial charge on any atom is -0.403 e. The molecule has 1 aliphatic heterocycles. The van der Waals surface area contributed by atoms with Gasteiger partial charge >= 0.3 is 11.8 Å². The summed E-state index contributed by atoms with van der Waals surface area (Å²) in [6.45, 7) is 6.62. The number of nitro groups is 1. The van der Waals surface area contributed by atoms with Crippen molar-refractivity contribution in [2.24, 2.45) is 5.73 Å². The largest absolute Gasteiger partial charge is 0.410 e. The van der Waals surface area contributed by atoms with Crippen molar-refractivity contribution in [2.75, 3.05) is 37.6 Å². The van der Waals surface area contributed by atoms with Crippen LogP contribution in [-0.4, -0.2) is 48.6 Å². The summed E-state index contributed by atoms with van der Waals surface area (Å²) in [5.74, 6) is -0.122. The summed E-state index contributed by atoms with van der Waals surface area (Å²) in [7, 11) is 0. The fourth-order valence-electron chi connectivity index (χ4n) is 2.36. The summed E-state index contributed by atoms with van der Waals surface area (Å²) in [6, 6.07) is 4.48. The number of anilines is 1. The Hall–Kier alpha value is -2.35. The summed E-state index contributed by atoms with van der Waals surface area (Å²) in [4.78, 5) is 25.6. The van der Waals surface area contributed by atoms with Crippen molar-refractivity contribution < 1.29 is 14.5 Å². The van der Waals surface area contributed by atoms with Crippen LogP contribution in [0.3, 0.4) is 0 Å². The van der Waals surface area contributed by atoms with Crippen LogP contribution < -0.4 is 15.4 Å². The number of nitro benzene ring substituents is 1. The lowest BCUT2D eigenvalue weighted by Crippen LogP contribution is -2.46. The topological polar surface area (TPSA) is 102 Å². The molecular formula is C13H18N4O4. The fourth-order valence-corrected chi connectivity index (χ4v) is 2.36. The SMILES string of the molecule is CCN1CCN(c2ccc([N+](=O)[O-])c(OC(N)=O)c2)CC1. The summed E-state index contributed by atoms with van der Waals surface area (Å²) in [6.07, 6.45) is -1.06. The number of amides is 1. The van der Waals surface area contributed by atoms with Gasteiger partial charge in [0.25, 0.3) is 0 Å². The highest BCUT2D eigenvalue weighted by atomic mass is 16.6. The van der Waals surface area contributed by atoms with Crippen molar-refractivity contribution in [1.29, 1.82) is 0 Å². The number of piperazine rings is 1. The molecule has 1 aromatic carbocycles. The van der Waals surface area contributed by atoms with Gasteiger partial charge in [0, 0.05) is 44.0 Å². The lowest BCUT2D eigenvalue weighted by molar-refractivity contribution is -0.385. The van der Waals surface area contributed by atoms with Crippen molar-refractivity contribution in [1.82, 2.24) is 4.90 Å². The number of hydrogen-bond acceptors (Lipinski definition) is 6. The van der Waals surface area contributed by atoms with E-state index in [4.69, 9.17) is 10.5 Å². The van der Waals surface area contributed by atoms with Gasteiger partial charge < -0.3 is 20.3 Å². The molecule has 0 radical (unpaired) electrons. The highest BCUT2D eigenvalue weighted by Crippen LogP contribution is 2.32. The molecule has 8 heteroatoms. The third-order valence-corrected chi connectivity index (χ3v) is 3.54. The first-order valence-corrected chi connectivity index (χ1v) is 6.74. The van der Waals surface area contributed by atoms with Crippen molar-refractivity contribution >= 4 is 17.5 Å². The summed E-state index contributed by atoms with van der Waals surface area (Å²) < 4.78 is 4.74. The third kappa shape index (κ3) is 3.60. The van der Waals surface area contributed by atoms with E-state index in [0.717, 1.165) is 38.4 Å². The zero-order valence-electron chi connectivity index (χ0n) is 11.8. The molecule has 0 atom stereocenters.